The van der Waals surface area contributed by atoms with Gasteiger partial charge in [-0.05, 0) is 38.4 Å². The Labute approximate surface area is 80.6 Å². The van der Waals surface area contributed by atoms with Gasteiger partial charge in [0.1, 0.15) is 0 Å². The summed E-state index contributed by atoms with van der Waals surface area (Å²) in [6.45, 7) is 8.70. The lowest BCUT2D eigenvalue weighted by atomic mass is 10.1. The van der Waals surface area contributed by atoms with Crippen LogP contribution in [0.5, 0.6) is 0 Å². The van der Waals surface area contributed by atoms with E-state index in [4.69, 9.17) is 0 Å². The highest BCUT2D eigenvalue weighted by Gasteiger charge is 2.11. The van der Waals surface area contributed by atoms with Crippen LogP contribution in [0, 0.1) is 0 Å². The number of nitrogens with zero attached hydrogens (tertiary/aromatic N) is 1. The van der Waals surface area contributed by atoms with Gasteiger partial charge in [-0.2, -0.15) is 0 Å². The number of ketones is 1. The summed E-state index contributed by atoms with van der Waals surface area (Å²) in [5.41, 5.74) is 0.692. The van der Waals surface area contributed by atoms with Crippen molar-refractivity contribution >= 4 is 5.78 Å². The summed E-state index contributed by atoms with van der Waals surface area (Å²) in [6, 6.07) is 0. The molecule has 0 aromatic rings. The second-order valence-corrected chi connectivity index (χ2v) is 3.86. The van der Waals surface area contributed by atoms with Crippen molar-refractivity contribution in [3.8, 4) is 0 Å². The lowest BCUT2D eigenvalue weighted by molar-refractivity contribution is -0.115. The first-order valence-corrected chi connectivity index (χ1v) is 5.11. The molecule has 0 unspecified atom stereocenters. The maximum atomic E-state index is 11.3. The summed E-state index contributed by atoms with van der Waals surface area (Å²) in [5, 5.41) is 0. The second-order valence-electron chi connectivity index (χ2n) is 3.86. The summed E-state index contributed by atoms with van der Waals surface area (Å²) in [7, 11) is 0. The first kappa shape index (κ1) is 10.5. The molecule has 0 aromatic carbocycles. The number of rotatable bonds is 4. The van der Waals surface area contributed by atoms with Crippen LogP contribution >= 0.6 is 0 Å². The molecule has 1 aliphatic rings. The smallest absolute Gasteiger partial charge is 0.159 e. The van der Waals surface area contributed by atoms with E-state index >= 15 is 0 Å². The van der Waals surface area contributed by atoms with Crippen molar-refractivity contribution in [3.05, 3.63) is 12.2 Å². The highest BCUT2D eigenvalue weighted by molar-refractivity contribution is 5.94. The van der Waals surface area contributed by atoms with Crippen molar-refractivity contribution in [2.75, 3.05) is 19.6 Å². The van der Waals surface area contributed by atoms with Gasteiger partial charge in [-0.15, -0.1) is 0 Å². The molecule has 0 atom stereocenters. The van der Waals surface area contributed by atoms with E-state index in [-0.39, 0.29) is 5.78 Å². The number of carbonyl (C=O) groups is 1. The zero-order valence-corrected chi connectivity index (χ0v) is 8.51. The molecule has 0 amide bonds. The minimum Gasteiger partial charge on any atom is -0.303 e. The van der Waals surface area contributed by atoms with E-state index in [0.29, 0.717) is 12.0 Å². The van der Waals surface area contributed by atoms with Crippen molar-refractivity contribution in [1.82, 2.24) is 4.90 Å². The molecule has 1 rings (SSSR count). The molecule has 0 spiro atoms. The van der Waals surface area contributed by atoms with E-state index in [1.807, 2.05) is 0 Å². The largest absolute Gasteiger partial charge is 0.303 e. The number of carbonyl (C=O) groups excluding carboxylic acids is 1. The number of likely N-dealkylation sites (tertiary alicyclic amines) is 1. The Hall–Kier alpha value is -0.630. The second kappa shape index (κ2) is 5.18. The van der Waals surface area contributed by atoms with Crippen LogP contribution in [0.2, 0.25) is 0 Å². The third-order valence-electron chi connectivity index (χ3n) is 2.58. The fourth-order valence-corrected chi connectivity index (χ4v) is 1.66. The van der Waals surface area contributed by atoms with Gasteiger partial charge >= 0.3 is 0 Å². The molecule has 1 fully saturated rings. The molecule has 0 N–H and O–H groups in total. The molecule has 13 heavy (non-hydrogen) atoms. The van der Waals surface area contributed by atoms with Gasteiger partial charge in [0, 0.05) is 13.0 Å². The Morgan fingerprint density at radius 3 is 2.46 bits per heavy atom. The average Bonchev–Trinajstić information content (AvgIpc) is 2.15. The standard InChI is InChI=1S/C11H19NO/c1-10(2)11(13)6-9-12-7-4-3-5-8-12/h1,3-9H2,2H3. The van der Waals surface area contributed by atoms with Crippen molar-refractivity contribution in [2.24, 2.45) is 0 Å². The van der Waals surface area contributed by atoms with Crippen molar-refractivity contribution in [2.45, 2.75) is 32.6 Å². The minimum atomic E-state index is 0.213. The molecular formula is C11H19NO. The van der Waals surface area contributed by atoms with Crippen LogP contribution in [0.25, 0.3) is 0 Å². The fourth-order valence-electron chi connectivity index (χ4n) is 1.66. The maximum Gasteiger partial charge on any atom is 0.159 e. The molecule has 1 saturated heterocycles. The number of allylic oxidation sites excluding steroid dienone is 1. The monoisotopic (exact) mass is 181 g/mol. The molecule has 74 valence electrons. The summed E-state index contributed by atoms with van der Waals surface area (Å²) < 4.78 is 0. The molecule has 2 heteroatoms. The number of hydrogen-bond donors (Lipinski definition) is 0. The summed E-state index contributed by atoms with van der Waals surface area (Å²) >= 11 is 0. The van der Waals surface area contributed by atoms with Crippen LogP contribution in [-0.2, 0) is 4.79 Å². The zero-order chi connectivity index (χ0) is 9.68. The van der Waals surface area contributed by atoms with E-state index in [9.17, 15) is 4.79 Å². The van der Waals surface area contributed by atoms with Gasteiger partial charge in [-0.25, -0.2) is 0 Å². The van der Waals surface area contributed by atoms with Crippen LogP contribution in [0.15, 0.2) is 12.2 Å². The third-order valence-corrected chi connectivity index (χ3v) is 2.58. The van der Waals surface area contributed by atoms with Crippen LogP contribution in [-0.4, -0.2) is 30.3 Å². The highest BCUT2D eigenvalue weighted by Crippen LogP contribution is 2.09. The van der Waals surface area contributed by atoms with Crippen LogP contribution < -0.4 is 0 Å². The Morgan fingerprint density at radius 1 is 1.31 bits per heavy atom. The first-order valence-electron chi connectivity index (χ1n) is 5.11. The van der Waals surface area contributed by atoms with Crippen molar-refractivity contribution < 1.29 is 4.79 Å². The topological polar surface area (TPSA) is 20.3 Å². The number of hydrogen-bond acceptors (Lipinski definition) is 2. The molecule has 0 bridgehead atoms. The highest BCUT2D eigenvalue weighted by atomic mass is 16.1. The van der Waals surface area contributed by atoms with Gasteiger partial charge in [-0.3, -0.25) is 4.79 Å². The summed E-state index contributed by atoms with van der Waals surface area (Å²) in [6.07, 6.45) is 4.59. The third kappa shape index (κ3) is 3.73. The molecule has 0 radical (unpaired) electrons. The van der Waals surface area contributed by atoms with E-state index in [0.717, 1.165) is 6.54 Å². The van der Waals surface area contributed by atoms with Gasteiger partial charge < -0.3 is 4.90 Å². The van der Waals surface area contributed by atoms with Crippen molar-refractivity contribution in [3.63, 3.8) is 0 Å². The fraction of sp³-hybridized carbons (Fsp3) is 0.727. The van der Waals surface area contributed by atoms with Gasteiger partial charge in [0.2, 0.25) is 0 Å². The number of piperidine rings is 1. The van der Waals surface area contributed by atoms with Crippen LogP contribution in [0.1, 0.15) is 32.6 Å². The van der Waals surface area contributed by atoms with Crippen molar-refractivity contribution in [1.29, 1.82) is 0 Å². The minimum absolute atomic E-state index is 0.213. The van der Waals surface area contributed by atoms with Gasteiger partial charge in [0.05, 0.1) is 0 Å². The predicted octanol–water partition coefficient (Wildman–Crippen LogP) is 2.01. The van der Waals surface area contributed by atoms with E-state index < -0.39 is 0 Å². The zero-order valence-electron chi connectivity index (χ0n) is 8.51. The Morgan fingerprint density at radius 2 is 1.92 bits per heavy atom. The molecule has 0 aromatic heterocycles. The average molecular weight is 181 g/mol. The van der Waals surface area contributed by atoms with E-state index in [1.54, 1.807) is 6.92 Å². The van der Waals surface area contributed by atoms with E-state index in [1.165, 1.54) is 32.4 Å². The molecule has 1 aliphatic heterocycles. The maximum absolute atomic E-state index is 11.3. The van der Waals surface area contributed by atoms with Gasteiger partial charge in [0.25, 0.3) is 0 Å². The summed E-state index contributed by atoms with van der Waals surface area (Å²) in [4.78, 5) is 13.6. The molecular weight excluding hydrogens is 162 g/mol. The Balaban J connectivity index is 2.17. The molecule has 0 aliphatic carbocycles. The molecule has 0 saturated carbocycles. The lowest BCUT2D eigenvalue weighted by Gasteiger charge is -2.25. The van der Waals surface area contributed by atoms with Gasteiger partial charge in [-0.1, -0.05) is 13.0 Å². The Bertz CT molecular complexity index is 192. The predicted molar refractivity (Wildman–Crippen MR) is 54.7 cm³/mol. The van der Waals surface area contributed by atoms with Gasteiger partial charge in [0.15, 0.2) is 5.78 Å². The van der Waals surface area contributed by atoms with Crippen LogP contribution in [0.3, 0.4) is 0 Å². The summed E-state index contributed by atoms with van der Waals surface area (Å²) in [5.74, 6) is 0.213. The van der Waals surface area contributed by atoms with Crippen LogP contribution in [0.4, 0.5) is 0 Å². The molecule has 2 nitrogen and oxygen atoms in total. The number of Topliss-reactive ketones (excluding diaryl/α,β-unsaturated/α-hetero) is 1. The first-order chi connectivity index (χ1) is 6.20. The quantitative estimate of drug-likeness (QED) is 0.618. The Kier molecular flexibility index (Phi) is 4.16. The van der Waals surface area contributed by atoms with E-state index in [2.05, 4.69) is 11.5 Å². The normalized spacial score (nSPS) is 18.5. The molecule has 1 heterocycles. The SMILES string of the molecule is C=C(C)C(=O)CCN1CCCCC1. The lowest BCUT2D eigenvalue weighted by Crippen LogP contribution is -2.31.